The van der Waals surface area contributed by atoms with E-state index in [1.165, 1.54) is 17.3 Å². The van der Waals surface area contributed by atoms with Crippen LogP contribution in [0.25, 0.3) is 0 Å². The van der Waals surface area contributed by atoms with E-state index in [1.54, 1.807) is 22.4 Å². The van der Waals surface area contributed by atoms with Crippen molar-refractivity contribution in [1.82, 2.24) is 19.8 Å². The molecule has 0 saturated carbocycles. The van der Waals surface area contributed by atoms with Crippen molar-refractivity contribution in [2.24, 2.45) is 0 Å². The standard InChI is InChI=1S/C17H20N4O2S/c22-16(5-4-14-3-1-12-24-14)20-8-2-9-21(11-10-20)17(23)15-13-18-6-7-19-15/h1,3,6-7,12-13H,2,4-5,8-11H2. The van der Waals surface area contributed by atoms with Crippen LogP contribution in [0.4, 0.5) is 0 Å². The highest BCUT2D eigenvalue weighted by Crippen LogP contribution is 2.13. The molecule has 1 aliphatic rings. The Kier molecular flexibility index (Phi) is 5.53. The summed E-state index contributed by atoms with van der Waals surface area (Å²) in [5, 5.41) is 2.03. The number of aromatic nitrogens is 2. The second-order valence-electron chi connectivity index (χ2n) is 5.70. The number of nitrogens with zero attached hydrogens (tertiary/aromatic N) is 4. The van der Waals surface area contributed by atoms with Gasteiger partial charge in [0.2, 0.25) is 5.91 Å². The quantitative estimate of drug-likeness (QED) is 0.849. The number of amides is 2. The lowest BCUT2D eigenvalue weighted by atomic mass is 10.2. The van der Waals surface area contributed by atoms with Crippen LogP contribution in [0.2, 0.25) is 0 Å². The smallest absolute Gasteiger partial charge is 0.274 e. The van der Waals surface area contributed by atoms with Crippen LogP contribution in [0, 0.1) is 0 Å². The molecule has 0 N–H and O–H groups in total. The van der Waals surface area contributed by atoms with Gasteiger partial charge in [-0.3, -0.25) is 14.6 Å². The molecule has 3 heterocycles. The lowest BCUT2D eigenvalue weighted by Gasteiger charge is -2.22. The van der Waals surface area contributed by atoms with Crippen molar-refractivity contribution in [3.8, 4) is 0 Å². The van der Waals surface area contributed by atoms with Crippen LogP contribution >= 0.6 is 11.3 Å². The van der Waals surface area contributed by atoms with Gasteiger partial charge in [-0.05, 0) is 24.3 Å². The number of rotatable bonds is 4. The monoisotopic (exact) mass is 344 g/mol. The van der Waals surface area contributed by atoms with Crippen molar-refractivity contribution < 1.29 is 9.59 Å². The highest BCUT2D eigenvalue weighted by Gasteiger charge is 2.23. The van der Waals surface area contributed by atoms with E-state index in [0.29, 0.717) is 38.3 Å². The van der Waals surface area contributed by atoms with Gasteiger partial charge in [0.25, 0.3) is 5.91 Å². The number of hydrogen-bond acceptors (Lipinski definition) is 5. The number of carbonyl (C=O) groups excluding carboxylic acids is 2. The normalized spacial score (nSPS) is 15.2. The molecule has 126 valence electrons. The first-order chi connectivity index (χ1) is 11.7. The minimum absolute atomic E-state index is 0.115. The molecule has 0 spiro atoms. The molecule has 2 amide bonds. The second-order valence-corrected chi connectivity index (χ2v) is 6.73. The van der Waals surface area contributed by atoms with E-state index in [4.69, 9.17) is 0 Å². The van der Waals surface area contributed by atoms with E-state index in [1.807, 2.05) is 16.3 Å². The van der Waals surface area contributed by atoms with Crippen LogP contribution in [0.1, 0.15) is 28.2 Å². The Morgan fingerprint density at radius 1 is 1.12 bits per heavy atom. The molecule has 6 nitrogen and oxygen atoms in total. The molecule has 0 aliphatic carbocycles. The van der Waals surface area contributed by atoms with Crippen LogP contribution < -0.4 is 0 Å². The van der Waals surface area contributed by atoms with Crippen LogP contribution in [-0.2, 0) is 11.2 Å². The van der Waals surface area contributed by atoms with Gasteiger partial charge in [-0.15, -0.1) is 11.3 Å². The molecular weight excluding hydrogens is 324 g/mol. The molecular formula is C17H20N4O2S. The Hall–Kier alpha value is -2.28. The van der Waals surface area contributed by atoms with E-state index in [0.717, 1.165) is 12.8 Å². The number of thiophene rings is 1. The zero-order valence-corrected chi connectivity index (χ0v) is 14.2. The van der Waals surface area contributed by atoms with Crippen LogP contribution in [0.3, 0.4) is 0 Å². The molecule has 1 fully saturated rings. The minimum atomic E-state index is -0.115. The lowest BCUT2D eigenvalue weighted by Crippen LogP contribution is -2.37. The first kappa shape index (κ1) is 16.6. The zero-order valence-electron chi connectivity index (χ0n) is 13.4. The summed E-state index contributed by atoms with van der Waals surface area (Å²) in [5.74, 6) is 0.0492. The van der Waals surface area contributed by atoms with Crippen molar-refractivity contribution >= 4 is 23.2 Å². The topological polar surface area (TPSA) is 66.4 Å². The Labute approximate surface area is 145 Å². The molecule has 1 saturated heterocycles. The maximum Gasteiger partial charge on any atom is 0.274 e. The van der Waals surface area contributed by atoms with Crippen molar-refractivity contribution in [1.29, 1.82) is 0 Å². The summed E-state index contributed by atoms with van der Waals surface area (Å²) in [6, 6.07) is 4.06. The Morgan fingerprint density at radius 3 is 2.71 bits per heavy atom. The van der Waals surface area contributed by atoms with Gasteiger partial charge in [-0.2, -0.15) is 0 Å². The summed E-state index contributed by atoms with van der Waals surface area (Å²) >= 11 is 1.68. The number of hydrogen-bond donors (Lipinski definition) is 0. The third-order valence-corrected chi connectivity index (χ3v) is 5.02. The highest BCUT2D eigenvalue weighted by atomic mass is 32.1. The van der Waals surface area contributed by atoms with Crippen LogP contribution in [0.15, 0.2) is 36.1 Å². The molecule has 0 unspecified atom stereocenters. The van der Waals surface area contributed by atoms with Crippen molar-refractivity contribution in [2.45, 2.75) is 19.3 Å². The summed E-state index contributed by atoms with van der Waals surface area (Å²) in [6.07, 6.45) is 6.65. The van der Waals surface area contributed by atoms with Gasteiger partial charge in [-0.25, -0.2) is 4.98 Å². The molecule has 0 radical (unpaired) electrons. The molecule has 2 aromatic heterocycles. The van der Waals surface area contributed by atoms with E-state index in [9.17, 15) is 9.59 Å². The molecule has 1 aliphatic heterocycles. The number of aryl methyl sites for hydroxylation is 1. The molecule has 2 aromatic rings. The zero-order chi connectivity index (χ0) is 16.8. The minimum Gasteiger partial charge on any atom is -0.341 e. The molecule has 0 bridgehead atoms. The maximum absolute atomic E-state index is 12.4. The van der Waals surface area contributed by atoms with Gasteiger partial charge < -0.3 is 9.80 Å². The van der Waals surface area contributed by atoms with Gasteiger partial charge >= 0.3 is 0 Å². The average Bonchev–Trinajstić information content (AvgIpc) is 3.02. The molecule has 7 heteroatoms. The van der Waals surface area contributed by atoms with Gasteiger partial charge in [-0.1, -0.05) is 6.07 Å². The fourth-order valence-electron chi connectivity index (χ4n) is 2.78. The summed E-state index contributed by atoms with van der Waals surface area (Å²) in [6.45, 7) is 2.47. The fourth-order valence-corrected chi connectivity index (χ4v) is 3.49. The Balaban J connectivity index is 1.53. The molecule has 0 atom stereocenters. The lowest BCUT2D eigenvalue weighted by molar-refractivity contribution is -0.131. The van der Waals surface area contributed by atoms with E-state index in [-0.39, 0.29) is 11.8 Å². The van der Waals surface area contributed by atoms with Crippen LogP contribution in [-0.4, -0.2) is 57.8 Å². The van der Waals surface area contributed by atoms with E-state index >= 15 is 0 Å². The Bertz CT molecular complexity index is 675. The third kappa shape index (κ3) is 4.17. The predicted molar refractivity (Wildman–Crippen MR) is 91.8 cm³/mol. The number of carbonyl (C=O) groups is 2. The molecule has 24 heavy (non-hydrogen) atoms. The van der Waals surface area contributed by atoms with Crippen molar-refractivity contribution in [3.63, 3.8) is 0 Å². The van der Waals surface area contributed by atoms with E-state index in [2.05, 4.69) is 16.0 Å². The van der Waals surface area contributed by atoms with Crippen molar-refractivity contribution in [2.75, 3.05) is 26.2 Å². The van der Waals surface area contributed by atoms with Gasteiger partial charge in [0.15, 0.2) is 0 Å². The fraction of sp³-hybridized carbons (Fsp3) is 0.412. The first-order valence-corrected chi connectivity index (χ1v) is 8.97. The predicted octanol–water partition coefficient (Wildman–Crippen LogP) is 1.85. The maximum atomic E-state index is 12.4. The summed E-state index contributed by atoms with van der Waals surface area (Å²) in [4.78, 5) is 37.7. The average molecular weight is 344 g/mol. The van der Waals surface area contributed by atoms with Crippen LogP contribution in [0.5, 0.6) is 0 Å². The van der Waals surface area contributed by atoms with Gasteiger partial charge in [0.1, 0.15) is 5.69 Å². The van der Waals surface area contributed by atoms with Gasteiger partial charge in [0.05, 0.1) is 6.20 Å². The van der Waals surface area contributed by atoms with Crippen molar-refractivity contribution in [3.05, 3.63) is 46.7 Å². The largest absolute Gasteiger partial charge is 0.341 e. The van der Waals surface area contributed by atoms with E-state index < -0.39 is 0 Å². The summed E-state index contributed by atoms with van der Waals surface area (Å²) < 4.78 is 0. The molecule has 0 aromatic carbocycles. The highest BCUT2D eigenvalue weighted by molar-refractivity contribution is 7.09. The molecule has 3 rings (SSSR count). The third-order valence-electron chi connectivity index (χ3n) is 4.08. The summed E-state index contributed by atoms with van der Waals surface area (Å²) in [5.41, 5.74) is 0.356. The summed E-state index contributed by atoms with van der Waals surface area (Å²) in [7, 11) is 0. The second kappa shape index (κ2) is 8.01. The first-order valence-electron chi connectivity index (χ1n) is 8.09. The SMILES string of the molecule is O=C(CCc1cccs1)N1CCCN(C(=O)c2cnccn2)CC1. The Morgan fingerprint density at radius 2 is 1.96 bits per heavy atom. The van der Waals surface area contributed by atoms with Gasteiger partial charge in [0, 0.05) is 49.9 Å².